The highest BCUT2D eigenvalue weighted by Crippen LogP contribution is 2.50. The number of likely N-dealkylation sites (N-methyl/N-ethyl adjacent to an activating group) is 1. The number of hydrogen-bond donors (Lipinski definition) is 6. The van der Waals surface area contributed by atoms with E-state index in [0.717, 1.165) is 16.0 Å². The number of esters is 3. The van der Waals surface area contributed by atoms with Crippen LogP contribution in [0.25, 0.3) is 0 Å². The van der Waals surface area contributed by atoms with Crippen LogP contribution >= 0.6 is 27.5 Å². The van der Waals surface area contributed by atoms with Crippen molar-refractivity contribution in [3.8, 4) is 0 Å². The van der Waals surface area contributed by atoms with Crippen LogP contribution in [0.5, 0.6) is 0 Å². The fourth-order valence-corrected chi connectivity index (χ4v) is 11.2. The summed E-state index contributed by atoms with van der Waals surface area (Å²) < 4.78 is 29.8. The zero-order valence-corrected chi connectivity index (χ0v) is 54.3. The van der Waals surface area contributed by atoms with Gasteiger partial charge in [0.25, 0.3) is 5.91 Å². The van der Waals surface area contributed by atoms with Crippen LogP contribution in [0.2, 0.25) is 5.02 Å². The summed E-state index contributed by atoms with van der Waals surface area (Å²) in [6, 6.07) is 5.31. The number of fused-ring (bicyclic) bond motifs is 5. The third kappa shape index (κ3) is 19.2. The molecule has 0 unspecified atom stereocenters. The number of nitrogens with zero attached hydrogens (tertiary/aromatic N) is 2. The number of halogens is 2. The minimum Gasteiger partial charge on any atom is -0.462 e. The van der Waals surface area contributed by atoms with Crippen LogP contribution in [0.3, 0.4) is 0 Å². The lowest BCUT2D eigenvalue weighted by Crippen LogP contribution is -2.54. The van der Waals surface area contributed by atoms with Crippen molar-refractivity contribution in [3.63, 3.8) is 0 Å². The summed E-state index contributed by atoms with van der Waals surface area (Å²) in [6.07, 6.45) is 2.81. The fourth-order valence-electron chi connectivity index (χ4n) is 10.8. The van der Waals surface area contributed by atoms with E-state index in [1.54, 1.807) is 72.9 Å². The first-order valence-electron chi connectivity index (χ1n) is 29.3. The van der Waals surface area contributed by atoms with E-state index in [0.29, 0.717) is 42.0 Å². The lowest BCUT2D eigenvalue weighted by atomic mass is 9.78. The van der Waals surface area contributed by atoms with Crippen molar-refractivity contribution in [1.82, 2.24) is 20.9 Å². The quantitative estimate of drug-likeness (QED) is 0.0160. The van der Waals surface area contributed by atoms with E-state index in [-0.39, 0.29) is 60.8 Å². The molecule has 2 fully saturated rings. The number of urea groups is 1. The molecular formula is C63H87BrClN7O15. The van der Waals surface area contributed by atoms with Crippen LogP contribution in [0, 0.1) is 18.8 Å². The fraction of sp³-hybridized carbons (Fsp3) is 0.571. The van der Waals surface area contributed by atoms with Gasteiger partial charge in [-0.15, -0.1) is 0 Å². The summed E-state index contributed by atoms with van der Waals surface area (Å²) in [6.45, 7) is 19.4. The lowest BCUT2D eigenvalue weighted by molar-refractivity contribution is -0.187. The minimum absolute atomic E-state index is 0.0170. The van der Waals surface area contributed by atoms with Crippen molar-refractivity contribution in [2.45, 2.75) is 186 Å². The number of carbonyl (C=O) groups is 9. The number of rotatable bonds is 23. The smallest absolute Gasteiger partial charge is 0.334 e. The van der Waals surface area contributed by atoms with Gasteiger partial charge in [0.1, 0.15) is 53.2 Å². The van der Waals surface area contributed by atoms with Crippen LogP contribution in [-0.2, 0) is 63.7 Å². The van der Waals surface area contributed by atoms with E-state index < -0.39 is 131 Å². The summed E-state index contributed by atoms with van der Waals surface area (Å²) >= 11 is 10.1. The van der Waals surface area contributed by atoms with Gasteiger partial charge in [-0.25, -0.2) is 14.4 Å². The molecule has 22 nitrogen and oxygen atoms in total. The van der Waals surface area contributed by atoms with Gasteiger partial charge in [-0.3, -0.25) is 28.8 Å². The standard InChI is InChI=1S/C63H87BrClN7O15/c1-35(2)53(70-49(73)25-16-17-26-61(8,9)87-58(79)38(5)34-64)56(77)69-44(23-19-27-67-60(66)81)55(76)68-43-22-15-14-21-42(43)57(78)71(11)40(7)59(80)85-48-31-50(74)72(12)45-30-41(29-37(4)52(45)65)28-36(3)20-18-24-47(83-13)63(82)32-46(84-51(75)33-63)39(6)54-62(48,10)86-54/h14-15,18,20-22,24,29-30,35,39-40,44,46-48,53-54,82H,5,16-17,19,23,25-28,31-34H2,1-4,6-13H3,(H,68,76)(H,69,77)(H,70,73)(H3,66,67,81)/b24-18+,36-20+/t39-,40+,44+,46+,47-,48+,53+,54+,62+,63-/m1/s1. The maximum absolute atomic E-state index is 14.6. The maximum atomic E-state index is 14.6. The van der Waals surface area contributed by atoms with Gasteiger partial charge in [0, 0.05) is 57.4 Å². The Morgan fingerprint density at radius 2 is 1.72 bits per heavy atom. The summed E-state index contributed by atoms with van der Waals surface area (Å²) in [4.78, 5) is 125. The molecular weight excluding hydrogens is 1210 g/mol. The molecule has 3 aliphatic rings. The van der Waals surface area contributed by atoms with Crippen LogP contribution < -0.4 is 31.9 Å². The Balaban J connectivity index is 1.36. The number of aliphatic hydroxyl groups is 1. The molecule has 2 aromatic rings. The van der Waals surface area contributed by atoms with Crippen LogP contribution in [0.4, 0.5) is 16.2 Å². The number of benzene rings is 2. The van der Waals surface area contributed by atoms with Crippen molar-refractivity contribution in [2.75, 3.05) is 43.3 Å². The first-order chi connectivity index (χ1) is 40.8. The number of hydrogen-bond acceptors (Lipinski definition) is 15. The summed E-state index contributed by atoms with van der Waals surface area (Å²) in [5.74, 6) is -6.17. The number of ether oxygens (including phenoxy) is 5. The average molecular weight is 1300 g/mol. The van der Waals surface area contributed by atoms with E-state index >= 15 is 0 Å². The number of nitrogens with two attached hydrogens (primary N) is 1. The molecule has 0 saturated carbocycles. The van der Waals surface area contributed by atoms with Crippen molar-refractivity contribution < 1.29 is 71.9 Å². The molecule has 3 aliphatic heterocycles. The van der Waals surface area contributed by atoms with Gasteiger partial charge in [-0.1, -0.05) is 96.9 Å². The maximum Gasteiger partial charge on any atom is 0.334 e. The Hall–Kier alpha value is -6.66. The average Bonchev–Trinajstić information content (AvgIpc) is 1.62. The second-order valence-corrected chi connectivity index (χ2v) is 25.1. The molecule has 478 valence electrons. The van der Waals surface area contributed by atoms with Gasteiger partial charge < -0.3 is 65.6 Å². The highest BCUT2D eigenvalue weighted by molar-refractivity contribution is 9.09. The molecule has 4 bridgehead atoms. The van der Waals surface area contributed by atoms with Crippen molar-refractivity contribution in [2.24, 2.45) is 17.6 Å². The Labute approximate surface area is 523 Å². The van der Waals surface area contributed by atoms with E-state index in [9.17, 15) is 48.3 Å². The molecule has 10 atom stereocenters. The van der Waals surface area contributed by atoms with Crippen molar-refractivity contribution >= 4 is 92.4 Å². The minimum atomic E-state index is -1.66. The lowest BCUT2D eigenvalue weighted by Gasteiger charge is -2.41. The Bertz CT molecular complexity index is 2970. The zero-order chi connectivity index (χ0) is 64.9. The molecule has 0 spiro atoms. The van der Waals surface area contributed by atoms with Gasteiger partial charge >= 0.3 is 23.9 Å². The number of alkyl halides is 1. The highest BCUT2D eigenvalue weighted by atomic mass is 79.9. The molecule has 24 heteroatoms. The number of anilines is 2. The topological polar surface area (TPSA) is 304 Å². The van der Waals surface area contributed by atoms with Crippen LogP contribution in [0.1, 0.15) is 135 Å². The number of primary amides is 1. The monoisotopic (exact) mass is 1300 g/mol. The first-order valence-corrected chi connectivity index (χ1v) is 30.8. The number of para-hydroxylation sites is 1. The number of allylic oxidation sites excluding steroid dienone is 3. The Kier molecular flexibility index (Phi) is 25.3. The third-order valence-electron chi connectivity index (χ3n) is 16.2. The number of methoxy groups -OCH3 is 1. The van der Waals surface area contributed by atoms with Gasteiger partial charge in [-0.05, 0) is 115 Å². The SMILES string of the molecule is C=C(CBr)C(=O)OC(C)(C)CCCCC(=O)N[C@H](C(=O)N[C@@H](CCCNC(N)=O)C(=O)Nc1ccccc1C(=O)N(C)[C@@H](C)C(=O)O[C@H]1CC(=O)N(C)c2cc(cc(C)c2Cl)C/C(C)=C/C=C/[C@@H](OC)[C@]2(O)CC(=O)O[C@@H](C2)[C@@H](C)[C@@H]2O[C@@]12C)C(C)C. The molecule has 2 aromatic carbocycles. The largest absolute Gasteiger partial charge is 0.462 e. The molecule has 0 aliphatic carbocycles. The van der Waals surface area contributed by atoms with Gasteiger partial charge in [0.2, 0.25) is 23.6 Å². The van der Waals surface area contributed by atoms with Crippen LogP contribution in [0.15, 0.2) is 72.4 Å². The predicted octanol–water partition coefficient (Wildman–Crippen LogP) is 7.22. The molecule has 0 radical (unpaired) electrons. The van der Waals surface area contributed by atoms with E-state index in [1.807, 2.05) is 32.1 Å². The molecule has 5 rings (SSSR count). The predicted molar refractivity (Wildman–Crippen MR) is 332 cm³/mol. The molecule has 0 aromatic heterocycles. The summed E-state index contributed by atoms with van der Waals surface area (Å²) in [5.41, 5.74) is 4.62. The van der Waals surface area contributed by atoms with E-state index in [2.05, 4.69) is 43.8 Å². The van der Waals surface area contributed by atoms with Crippen LogP contribution in [-0.4, -0.2) is 156 Å². The van der Waals surface area contributed by atoms with Crippen molar-refractivity contribution in [3.05, 3.63) is 94.1 Å². The normalized spacial score (nSPS) is 24.3. The Morgan fingerprint density at radius 1 is 1.03 bits per heavy atom. The van der Waals surface area contributed by atoms with E-state index in [1.165, 1.54) is 38.1 Å². The van der Waals surface area contributed by atoms with Gasteiger partial charge in [-0.2, -0.15) is 0 Å². The number of unbranched alkanes of at least 4 members (excludes halogenated alkanes) is 1. The number of aryl methyl sites for hydroxylation is 1. The summed E-state index contributed by atoms with van der Waals surface area (Å²) in [7, 11) is 4.38. The highest BCUT2D eigenvalue weighted by Gasteiger charge is 2.64. The zero-order valence-electron chi connectivity index (χ0n) is 52.0. The molecule has 7 amide bonds. The van der Waals surface area contributed by atoms with Gasteiger partial charge in [0.15, 0.2) is 0 Å². The second kappa shape index (κ2) is 31.0. The number of epoxide rings is 1. The van der Waals surface area contributed by atoms with Crippen molar-refractivity contribution in [1.29, 1.82) is 0 Å². The second-order valence-electron chi connectivity index (χ2n) is 24.2. The molecule has 7 N–H and O–H groups in total. The third-order valence-corrected chi connectivity index (χ3v) is 17.4. The number of carbonyl (C=O) groups excluding carboxylic acids is 9. The summed E-state index contributed by atoms with van der Waals surface area (Å²) in [5, 5.41) is 23.4. The molecule has 2 saturated heterocycles. The van der Waals surface area contributed by atoms with E-state index in [4.69, 9.17) is 41.0 Å². The van der Waals surface area contributed by atoms with Gasteiger partial charge in [0.05, 0.1) is 40.9 Å². The molecule has 3 heterocycles. The molecule has 87 heavy (non-hydrogen) atoms. The Morgan fingerprint density at radius 3 is 2.38 bits per heavy atom. The number of nitrogens with one attached hydrogen (secondary N) is 4. The number of amides is 7. The first kappa shape index (κ1) is 71.1.